The van der Waals surface area contributed by atoms with E-state index in [4.69, 9.17) is 0 Å². The summed E-state index contributed by atoms with van der Waals surface area (Å²) in [6, 6.07) is 8.42. The van der Waals surface area contributed by atoms with Crippen molar-refractivity contribution in [1.82, 2.24) is 0 Å². The van der Waals surface area contributed by atoms with Crippen LogP contribution in [0.25, 0.3) is 5.57 Å². The summed E-state index contributed by atoms with van der Waals surface area (Å²) in [6.07, 6.45) is 5.13. The Balaban J connectivity index is 3.05. The molecule has 0 bridgehead atoms. The second-order valence-corrected chi connectivity index (χ2v) is 3.04. The number of hydrogen-bond acceptors (Lipinski definition) is 0. The van der Waals surface area contributed by atoms with Crippen LogP contribution in [0.3, 0.4) is 0 Å². The van der Waals surface area contributed by atoms with E-state index in [1.165, 1.54) is 11.1 Å². The molecular formula is C13H16. The van der Waals surface area contributed by atoms with Gasteiger partial charge >= 0.3 is 0 Å². The molecule has 0 nitrogen and oxygen atoms in total. The molecule has 0 amide bonds. The van der Waals surface area contributed by atoms with Crippen molar-refractivity contribution in [2.24, 2.45) is 0 Å². The van der Waals surface area contributed by atoms with Crippen molar-refractivity contribution < 1.29 is 0 Å². The Morgan fingerprint density at radius 2 is 2.08 bits per heavy atom. The van der Waals surface area contributed by atoms with Crippen LogP contribution in [-0.4, -0.2) is 0 Å². The minimum Gasteiger partial charge on any atom is -0.0912 e. The Kier molecular flexibility index (Phi) is 3.51. The molecule has 0 atom stereocenters. The number of rotatable bonds is 3. The van der Waals surface area contributed by atoms with E-state index in [2.05, 4.69) is 43.8 Å². The zero-order chi connectivity index (χ0) is 9.68. The van der Waals surface area contributed by atoms with Crippen LogP contribution < -0.4 is 0 Å². The maximum atomic E-state index is 4.04. The third-order valence-electron chi connectivity index (χ3n) is 2.11. The Morgan fingerprint density at radius 1 is 1.38 bits per heavy atom. The maximum absolute atomic E-state index is 4.04. The van der Waals surface area contributed by atoms with Gasteiger partial charge in [-0.2, -0.15) is 0 Å². The van der Waals surface area contributed by atoms with E-state index in [1.54, 1.807) is 0 Å². The summed E-state index contributed by atoms with van der Waals surface area (Å²) >= 11 is 0. The lowest BCUT2D eigenvalue weighted by Crippen LogP contribution is -1.88. The topological polar surface area (TPSA) is 0 Å². The van der Waals surface area contributed by atoms with Crippen LogP contribution in [0.2, 0.25) is 0 Å². The highest BCUT2D eigenvalue weighted by atomic mass is 14.0. The standard InChI is InChI=1S/C13H16/c1-4-8-11(3)13-10-7-6-9-12(13)5-2/h4,6-10H,3,5H2,1-2H3. The molecule has 68 valence electrons. The van der Waals surface area contributed by atoms with Crippen molar-refractivity contribution in [3.8, 4) is 0 Å². The molecule has 0 aliphatic carbocycles. The largest absolute Gasteiger partial charge is 0.0912 e. The van der Waals surface area contributed by atoms with E-state index in [9.17, 15) is 0 Å². The Morgan fingerprint density at radius 3 is 2.69 bits per heavy atom. The van der Waals surface area contributed by atoms with Gasteiger partial charge in [0.05, 0.1) is 0 Å². The maximum Gasteiger partial charge on any atom is -0.0158 e. The molecule has 0 unspecified atom stereocenters. The molecule has 0 aliphatic heterocycles. The van der Waals surface area contributed by atoms with Gasteiger partial charge in [-0.1, -0.05) is 49.9 Å². The summed E-state index contributed by atoms with van der Waals surface area (Å²) in [6.45, 7) is 8.22. The first-order chi connectivity index (χ1) is 6.29. The predicted molar refractivity (Wildman–Crippen MR) is 59.7 cm³/mol. The van der Waals surface area contributed by atoms with Crippen molar-refractivity contribution >= 4 is 5.57 Å². The van der Waals surface area contributed by atoms with Gasteiger partial charge < -0.3 is 0 Å². The second-order valence-electron chi connectivity index (χ2n) is 3.04. The van der Waals surface area contributed by atoms with Crippen LogP contribution in [-0.2, 0) is 6.42 Å². The number of hydrogen-bond donors (Lipinski definition) is 0. The zero-order valence-corrected chi connectivity index (χ0v) is 8.38. The molecule has 1 rings (SSSR count). The molecule has 1 aromatic carbocycles. The monoisotopic (exact) mass is 172 g/mol. The van der Waals surface area contributed by atoms with Gasteiger partial charge in [-0.25, -0.2) is 0 Å². The SMILES string of the molecule is C=C(C=CC)c1ccccc1CC. The third kappa shape index (κ3) is 2.32. The molecule has 0 heterocycles. The van der Waals surface area contributed by atoms with Crippen LogP contribution in [0.15, 0.2) is 43.0 Å². The fourth-order valence-electron chi connectivity index (χ4n) is 1.43. The summed E-state index contributed by atoms with van der Waals surface area (Å²) in [5.41, 5.74) is 3.73. The smallest absolute Gasteiger partial charge is 0.0158 e. The molecule has 1 aromatic rings. The first-order valence-electron chi connectivity index (χ1n) is 4.69. The van der Waals surface area contributed by atoms with E-state index in [1.807, 2.05) is 13.0 Å². The van der Waals surface area contributed by atoms with Gasteiger partial charge in [-0.05, 0) is 30.0 Å². The first-order valence-corrected chi connectivity index (χ1v) is 4.69. The van der Waals surface area contributed by atoms with Crippen LogP contribution in [0, 0.1) is 0 Å². The van der Waals surface area contributed by atoms with Gasteiger partial charge in [-0.3, -0.25) is 0 Å². The van der Waals surface area contributed by atoms with E-state index < -0.39 is 0 Å². The molecule has 0 saturated carbocycles. The highest BCUT2D eigenvalue weighted by Crippen LogP contribution is 2.18. The van der Waals surface area contributed by atoms with Crippen LogP contribution in [0.5, 0.6) is 0 Å². The van der Waals surface area contributed by atoms with Crippen molar-refractivity contribution in [3.05, 3.63) is 54.1 Å². The molecule has 0 aromatic heterocycles. The second kappa shape index (κ2) is 4.66. The lowest BCUT2D eigenvalue weighted by molar-refractivity contribution is 1.13. The van der Waals surface area contributed by atoms with Gasteiger partial charge in [0.1, 0.15) is 0 Å². The average molecular weight is 172 g/mol. The molecule has 0 N–H and O–H groups in total. The summed E-state index contributed by atoms with van der Waals surface area (Å²) in [5, 5.41) is 0. The normalized spacial score (nSPS) is 10.6. The van der Waals surface area contributed by atoms with E-state index in [-0.39, 0.29) is 0 Å². The molecular weight excluding hydrogens is 156 g/mol. The van der Waals surface area contributed by atoms with Gasteiger partial charge in [-0.15, -0.1) is 0 Å². The lowest BCUT2D eigenvalue weighted by atomic mass is 9.99. The van der Waals surface area contributed by atoms with Crippen molar-refractivity contribution in [1.29, 1.82) is 0 Å². The van der Waals surface area contributed by atoms with Crippen LogP contribution in [0.4, 0.5) is 0 Å². The Bertz CT molecular complexity index is 319. The number of allylic oxidation sites excluding steroid dienone is 3. The summed E-state index contributed by atoms with van der Waals surface area (Å²) < 4.78 is 0. The Hall–Kier alpha value is -1.30. The number of aryl methyl sites for hydroxylation is 1. The van der Waals surface area contributed by atoms with Crippen molar-refractivity contribution in [2.75, 3.05) is 0 Å². The van der Waals surface area contributed by atoms with Gasteiger partial charge in [0.15, 0.2) is 0 Å². The lowest BCUT2D eigenvalue weighted by Gasteiger charge is -2.06. The fourth-order valence-corrected chi connectivity index (χ4v) is 1.43. The Labute approximate surface area is 80.6 Å². The average Bonchev–Trinajstić information content (AvgIpc) is 2.18. The van der Waals surface area contributed by atoms with Crippen LogP contribution in [0.1, 0.15) is 25.0 Å². The highest BCUT2D eigenvalue weighted by molar-refractivity contribution is 5.74. The van der Waals surface area contributed by atoms with Gasteiger partial charge in [0, 0.05) is 0 Å². The van der Waals surface area contributed by atoms with Crippen molar-refractivity contribution in [3.63, 3.8) is 0 Å². The number of benzene rings is 1. The van der Waals surface area contributed by atoms with E-state index >= 15 is 0 Å². The zero-order valence-electron chi connectivity index (χ0n) is 8.38. The molecule has 0 spiro atoms. The third-order valence-corrected chi connectivity index (χ3v) is 2.11. The van der Waals surface area contributed by atoms with Crippen LogP contribution >= 0.6 is 0 Å². The molecule has 0 heteroatoms. The first kappa shape index (κ1) is 9.79. The summed E-state index contributed by atoms with van der Waals surface area (Å²) in [7, 11) is 0. The predicted octanol–water partition coefficient (Wildman–Crippen LogP) is 3.84. The fraction of sp³-hybridized carbons (Fsp3) is 0.231. The minimum atomic E-state index is 1.06. The molecule has 0 saturated heterocycles. The van der Waals surface area contributed by atoms with E-state index in [0.29, 0.717) is 0 Å². The molecule has 0 radical (unpaired) electrons. The summed E-state index contributed by atoms with van der Waals surface area (Å²) in [4.78, 5) is 0. The van der Waals surface area contributed by atoms with Gasteiger partial charge in [0.25, 0.3) is 0 Å². The molecule has 13 heavy (non-hydrogen) atoms. The summed E-state index contributed by atoms with van der Waals surface area (Å²) in [5.74, 6) is 0. The van der Waals surface area contributed by atoms with Crippen molar-refractivity contribution in [2.45, 2.75) is 20.3 Å². The highest BCUT2D eigenvalue weighted by Gasteiger charge is 1.99. The quantitative estimate of drug-likeness (QED) is 0.608. The van der Waals surface area contributed by atoms with Gasteiger partial charge in [0.2, 0.25) is 0 Å². The molecule has 0 fully saturated rings. The molecule has 0 aliphatic rings. The van der Waals surface area contributed by atoms with E-state index in [0.717, 1.165) is 12.0 Å². The minimum absolute atomic E-state index is 1.06.